The summed E-state index contributed by atoms with van der Waals surface area (Å²) in [6.45, 7) is 1.82. The number of fused-ring (bicyclic) bond motifs is 1. The van der Waals surface area contributed by atoms with E-state index in [1.165, 1.54) is 12.1 Å². The number of aromatic nitrogens is 1. The number of carbonyl (C=O) groups excluding carboxylic acids is 1. The van der Waals surface area contributed by atoms with Gasteiger partial charge >= 0.3 is 0 Å². The van der Waals surface area contributed by atoms with Crippen LogP contribution in [0.5, 0.6) is 0 Å². The van der Waals surface area contributed by atoms with Crippen LogP contribution in [0.3, 0.4) is 0 Å². The van der Waals surface area contributed by atoms with E-state index in [0.717, 1.165) is 12.0 Å². The van der Waals surface area contributed by atoms with Crippen LogP contribution in [0.15, 0.2) is 12.1 Å². The highest BCUT2D eigenvalue weighted by Gasteiger charge is 2.13. The van der Waals surface area contributed by atoms with E-state index in [9.17, 15) is 9.18 Å². The summed E-state index contributed by atoms with van der Waals surface area (Å²) in [5, 5.41) is 0.729. The normalized spacial score (nSPS) is 10.9. The first-order valence-electron chi connectivity index (χ1n) is 4.45. The average Bonchev–Trinajstić information content (AvgIpc) is 2.42. The molecule has 4 heteroatoms. The zero-order chi connectivity index (χ0) is 11.2. The molecule has 1 heterocycles. The Morgan fingerprint density at radius 1 is 1.47 bits per heavy atom. The number of rotatable bonds is 1. The molecule has 78 valence electrons. The molecule has 0 aliphatic carbocycles. The summed E-state index contributed by atoms with van der Waals surface area (Å²) in [6, 6.07) is 2.83. The van der Waals surface area contributed by atoms with Gasteiger partial charge in [0.1, 0.15) is 5.82 Å². The van der Waals surface area contributed by atoms with E-state index in [0.29, 0.717) is 16.5 Å². The van der Waals surface area contributed by atoms with Gasteiger partial charge in [0.25, 0.3) is 0 Å². The lowest BCUT2D eigenvalue weighted by atomic mass is 10.1. The van der Waals surface area contributed by atoms with Gasteiger partial charge in [-0.25, -0.2) is 4.39 Å². The maximum Gasteiger partial charge on any atom is 0.152 e. The van der Waals surface area contributed by atoms with E-state index in [1.54, 1.807) is 11.6 Å². The van der Waals surface area contributed by atoms with Crippen molar-refractivity contribution in [2.75, 3.05) is 0 Å². The second-order valence-corrected chi connectivity index (χ2v) is 3.87. The van der Waals surface area contributed by atoms with Gasteiger partial charge in [0, 0.05) is 23.7 Å². The summed E-state index contributed by atoms with van der Waals surface area (Å²) < 4.78 is 15.0. The molecule has 0 amide bonds. The largest absolute Gasteiger partial charge is 0.347 e. The minimum absolute atomic E-state index is 0.0381. The smallest absolute Gasteiger partial charge is 0.152 e. The second kappa shape index (κ2) is 3.35. The monoisotopic (exact) mass is 225 g/mol. The van der Waals surface area contributed by atoms with Crippen LogP contribution in [0.2, 0.25) is 5.02 Å². The third kappa shape index (κ3) is 1.35. The van der Waals surface area contributed by atoms with Crippen LogP contribution >= 0.6 is 11.6 Å². The zero-order valence-corrected chi connectivity index (χ0v) is 9.10. The number of nitrogens with zero attached hydrogens (tertiary/aromatic N) is 1. The van der Waals surface area contributed by atoms with Crippen molar-refractivity contribution in [1.82, 2.24) is 4.57 Å². The van der Waals surface area contributed by atoms with Crippen LogP contribution in [0.25, 0.3) is 10.9 Å². The Hall–Kier alpha value is -1.35. The molecule has 0 radical (unpaired) electrons. The van der Waals surface area contributed by atoms with E-state index < -0.39 is 5.82 Å². The third-order valence-electron chi connectivity index (χ3n) is 2.70. The predicted molar refractivity (Wildman–Crippen MR) is 58.0 cm³/mol. The molecule has 0 atom stereocenters. The molecule has 0 saturated heterocycles. The van der Waals surface area contributed by atoms with E-state index in [2.05, 4.69) is 0 Å². The van der Waals surface area contributed by atoms with E-state index in [1.807, 2.05) is 6.92 Å². The van der Waals surface area contributed by atoms with Gasteiger partial charge in [-0.15, -0.1) is 0 Å². The summed E-state index contributed by atoms with van der Waals surface area (Å²) in [4.78, 5) is 10.9. The van der Waals surface area contributed by atoms with Crippen molar-refractivity contribution in [3.8, 4) is 0 Å². The Kier molecular flexibility index (Phi) is 2.27. The molecule has 2 aromatic rings. The minimum atomic E-state index is -0.470. The van der Waals surface area contributed by atoms with Crippen LogP contribution in [0, 0.1) is 12.7 Å². The molecule has 0 saturated carbocycles. The number of aryl methyl sites for hydroxylation is 1. The van der Waals surface area contributed by atoms with Gasteiger partial charge < -0.3 is 4.57 Å². The minimum Gasteiger partial charge on any atom is -0.347 e. The predicted octanol–water partition coefficient (Wildman–Crippen LogP) is 3.09. The first-order valence-corrected chi connectivity index (χ1v) is 4.83. The molecule has 1 aromatic heterocycles. The van der Waals surface area contributed by atoms with Gasteiger partial charge in [-0.2, -0.15) is 0 Å². The molecule has 0 fully saturated rings. The lowest BCUT2D eigenvalue weighted by Gasteiger charge is -1.99. The van der Waals surface area contributed by atoms with Crippen molar-refractivity contribution in [2.45, 2.75) is 6.92 Å². The fourth-order valence-corrected chi connectivity index (χ4v) is 1.90. The van der Waals surface area contributed by atoms with Crippen molar-refractivity contribution in [2.24, 2.45) is 7.05 Å². The molecular formula is C11H9ClFNO. The molecule has 0 aliphatic rings. The van der Waals surface area contributed by atoms with Crippen LogP contribution in [-0.2, 0) is 7.05 Å². The Bertz CT molecular complexity index is 559. The van der Waals surface area contributed by atoms with Crippen LogP contribution in [0.1, 0.15) is 16.1 Å². The van der Waals surface area contributed by atoms with Crippen LogP contribution in [-0.4, -0.2) is 10.9 Å². The lowest BCUT2D eigenvalue weighted by Crippen LogP contribution is -1.91. The molecular weight excluding hydrogens is 217 g/mol. The molecule has 0 aliphatic heterocycles. The van der Waals surface area contributed by atoms with Gasteiger partial charge in [-0.05, 0) is 19.1 Å². The molecule has 0 spiro atoms. The van der Waals surface area contributed by atoms with Gasteiger partial charge in [0.2, 0.25) is 0 Å². The Morgan fingerprint density at radius 2 is 2.13 bits per heavy atom. The van der Waals surface area contributed by atoms with Crippen molar-refractivity contribution in [3.05, 3.63) is 34.2 Å². The number of halogens is 2. The Balaban J connectivity index is 2.97. The second-order valence-electron chi connectivity index (χ2n) is 3.46. The molecule has 0 bridgehead atoms. The van der Waals surface area contributed by atoms with Crippen molar-refractivity contribution in [1.29, 1.82) is 0 Å². The highest BCUT2D eigenvalue weighted by molar-refractivity contribution is 6.31. The van der Waals surface area contributed by atoms with Gasteiger partial charge in [0.05, 0.1) is 10.5 Å². The van der Waals surface area contributed by atoms with E-state index in [-0.39, 0.29) is 5.02 Å². The molecule has 0 N–H and O–H groups in total. The van der Waals surface area contributed by atoms with Crippen molar-refractivity contribution in [3.63, 3.8) is 0 Å². The summed E-state index contributed by atoms with van der Waals surface area (Å²) in [7, 11) is 1.79. The maximum atomic E-state index is 13.2. The number of hydrogen-bond donors (Lipinski definition) is 0. The Labute approximate surface area is 91.3 Å². The van der Waals surface area contributed by atoms with Gasteiger partial charge in [-0.1, -0.05) is 11.6 Å². The molecule has 2 nitrogen and oxygen atoms in total. The SMILES string of the molecule is Cc1c(C=O)c2cc(Cl)c(F)cc2n1C. The summed E-state index contributed by atoms with van der Waals surface area (Å²) in [5.74, 6) is -0.470. The summed E-state index contributed by atoms with van der Waals surface area (Å²) in [5.41, 5.74) is 2.05. The quantitative estimate of drug-likeness (QED) is 0.684. The first kappa shape index (κ1) is 10.2. The molecule has 15 heavy (non-hydrogen) atoms. The topological polar surface area (TPSA) is 22.0 Å². The maximum absolute atomic E-state index is 13.2. The molecule has 1 aromatic carbocycles. The van der Waals surface area contributed by atoms with Gasteiger partial charge in [0.15, 0.2) is 6.29 Å². The number of hydrogen-bond acceptors (Lipinski definition) is 1. The fraction of sp³-hybridized carbons (Fsp3) is 0.182. The molecule has 0 unspecified atom stereocenters. The molecule has 2 rings (SSSR count). The first-order chi connectivity index (χ1) is 7.06. The van der Waals surface area contributed by atoms with Crippen molar-refractivity contribution >= 4 is 28.8 Å². The standard InChI is InChI=1S/C11H9ClFNO/c1-6-8(5-15)7-3-9(12)10(13)4-11(7)14(6)2/h3-5H,1-2H3. The van der Waals surface area contributed by atoms with E-state index in [4.69, 9.17) is 11.6 Å². The van der Waals surface area contributed by atoms with Crippen LogP contribution in [0.4, 0.5) is 4.39 Å². The highest BCUT2D eigenvalue weighted by Crippen LogP contribution is 2.28. The average molecular weight is 226 g/mol. The number of benzene rings is 1. The Morgan fingerprint density at radius 3 is 2.73 bits per heavy atom. The lowest BCUT2D eigenvalue weighted by molar-refractivity contribution is 0.112. The van der Waals surface area contributed by atoms with Crippen LogP contribution < -0.4 is 0 Å². The van der Waals surface area contributed by atoms with Gasteiger partial charge in [-0.3, -0.25) is 4.79 Å². The van der Waals surface area contributed by atoms with Crippen molar-refractivity contribution < 1.29 is 9.18 Å². The zero-order valence-electron chi connectivity index (χ0n) is 8.34. The summed E-state index contributed by atoms with van der Waals surface area (Å²) in [6.07, 6.45) is 0.770. The third-order valence-corrected chi connectivity index (χ3v) is 2.99. The summed E-state index contributed by atoms with van der Waals surface area (Å²) >= 11 is 5.68. The highest BCUT2D eigenvalue weighted by atomic mass is 35.5. The fourth-order valence-electron chi connectivity index (χ4n) is 1.73. The number of carbonyl (C=O) groups is 1. The van der Waals surface area contributed by atoms with E-state index >= 15 is 0 Å². The number of aldehydes is 1.